The number of hydrogen-bond donors (Lipinski definition) is 0. The average molecular weight is 447 g/mol. The predicted molar refractivity (Wildman–Crippen MR) is 124 cm³/mol. The summed E-state index contributed by atoms with van der Waals surface area (Å²) < 4.78 is 19.7. The summed E-state index contributed by atoms with van der Waals surface area (Å²) in [7, 11) is 1.61. The number of rotatable bonds is 6. The third-order valence-corrected chi connectivity index (χ3v) is 6.08. The van der Waals surface area contributed by atoms with Gasteiger partial charge in [0.2, 0.25) is 5.89 Å². The summed E-state index contributed by atoms with van der Waals surface area (Å²) in [5, 5.41) is 0.492. The standard InChI is InChI=1S/C25H25N3O5/c1-16-21(26-23(33-16)17-9-11-18(31-2)12-10-17)15-27-22-8-4-3-7-20(22)24(29)28(25(27)30)14-19-6-5-13-32-19/h3-4,7-12,19H,5-6,13-15H2,1-2H3/t19-/m0/s1. The molecule has 0 spiro atoms. The molecular weight excluding hydrogens is 422 g/mol. The topological polar surface area (TPSA) is 88.5 Å². The van der Waals surface area contributed by atoms with E-state index in [2.05, 4.69) is 4.98 Å². The number of benzene rings is 2. The minimum Gasteiger partial charge on any atom is -0.497 e. The Morgan fingerprint density at radius 3 is 2.61 bits per heavy atom. The molecule has 8 heteroatoms. The number of hydrogen-bond acceptors (Lipinski definition) is 6. The number of para-hydroxylation sites is 1. The Morgan fingerprint density at radius 1 is 1.09 bits per heavy atom. The zero-order valence-corrected chi connectivity index (χ0v) is 18.6. The second-order valence-corrected chi connectivity index (χ2v) is 8.19. The van der Waals surface area contributed by atoms with E-state index in [1.54, 1.807) is 29.9 Å². The molecule has 1 atom stereocenters. The van der Waals surface area contributed by atoms with Crippen molar-refractivity contribution >= 4 is 10.9 Å². The van der Waals surface area contributed by atoms with Gasteiger partial charge in [0.25, 0.3) is 5.56 Å². The molecule has 170 valence electrons. The summed E-state index contributed by atoms with van der Waals surface area (Å²) in [4.78, 5) is 31.2. The lowest BCUT2D eigenvalue weighted by Crippen LogP contribution is -2.42. The first-order valence-corrected chi connectivity index (χ1v) is 11.0. The molecule has 1 saturated heterocycles. The van der Waals surface area contributed by atoms with E-state index >= 15 is 0 Å². The molecule has 1 aliphatic rings. The first-order chi connectivity index (χ1) is 16.0. The summed E-state index contributed by atoms with van der Waals surface area (Å²) in [6.45, 7) is 2.92. The molecule has 2 aromatic heterocycles. The van der Waals surface area contributed by atoms with Crippen LogP contribution in [-0.4, -0.2) is 33.9 Å². The summed E-state index contributed by atoms with van der Waals surface area (Å²) >= 11 is 0. The van der Waals surface area contributed by atoms with Gasteiger partial charge >= 0.3 is 5.69 Å². The highest BCUT2D eigenvalue weighted by Crippen LogP contribution is 2.25. The van der Waals surface area contributed by atoms with Gasteiger partial charge in [0.1, 0.15) is 17.2 Å². The summed E-state index contributed by atoms with van der Waals surface area (Å²) in [5.41, 5.74) is 1.35. The van der Waals surface area contributed by atoms with Crippen LogP contribution in [0.1, 0.15) is 24.3 Å². The van der Waals surface area contributed by atoms with Crippen molar-refractivity contribution in [2.75, 3.05) is 13.7 Å². The Kier molecular flexibility index (Phi) is 5.60. The Hall–Kier alpha value is -3.65. The van der Waals surface area contributed by atoms with Gasteiger partial charge in [-0.3, -0.25) is 13.9 Å². The van der Waals surface area contributed by atoms with Crippen molar-refractivity contribution in [1.29, 1.82) is 0 Å². The molecule has 0 bridgehead atoms. The van der Waals surface area contributed by atoms with Crippen LogP contribution in [0.3, 0.4) is 0 Å². The third kappa shape index (κ3) is 3.98. The average Bonchev–Trinajstić information content (AvgIpc) is 3.49. The molecule has 0 saturated carbocycles. The van der Waals surface area contributed by atoms with E-state index in [1.807, 2.05) is 37.3 Å². The summed E-state index contributed by atoms with van der Waals surface area (Å²) in [5.74, 6) is 1.83. The monoisotopic (exact) mass is 447 g/mol. The predicted octanol–water partition coefficient (Wildman–Crippen LogP) is 3.36. The van der Waals surface area contributed by atoms with Gasteiger partial charge in [-0.25, -0.2) is 9.78 Å². The Morgan fingerprint density at radius 2 is 1.88 bits per heavy atom. The highest BCUT2D eigenvalue weighted by atomic mass is 16.5. The fraction of sp³-hybridized carbons (Fsp3) is 0.320. The van der Waals surface area contributed by atoms with E-state index in [0.29, 0.717) is 34.9 Å². The zero-order valence-electron chi connectivity index (χ0n) is 18.6. The van der Waals surface area contributed by atoms with Crippen LogP contribution < -0.4 is 16.0 Å². The van der Waals surface area contributed by atoms with Crippen molar-refractivity contribution in [3.05, 3.63) is 80.8 Å². The van der Waals surface area contributed by atoms with Crippen molar-refractivity contribution in [2.45, 2.75) is 39.0 Å². The van der Waals surface area contributed by atoms with Crippen LogP contribution >= 0.6 is 0 Å². The van der Waals surface area contributed by atoms with E-state index in [0.717, 1.165) is 24.2 Å². The lowest BCUT2D eigenvalue weighted by atomic mass is 10.2. The van der Waals surface area contributed by atoms with Gasteiger partial charge in [0, 0.05) is 12.2 Å². The van der Waals surface area contributed by atoms with Crippen molar-refractivity contribution in [1.82, 2.24) is 14.1 Å². The van der Waals surface area contributed by atoms with E-state index in [4.69, 9.17) is 13.9 Å². The number of nitrogens with zero attached hydrogens (tertiary/aromatic N) is 3. The molecule has 0 N–H and O–H groups in total. The maximum atomic E-state index is 13.5. The minimum atomic E-state index is -0.373. The number of methoxy groups -OCH3 is 1. The van der Waals surface area contributed by atoms with Crippen molar-refractivity contribution in [2.24, 2.45) is 0 Å². The largest absolute Gasteiger partial charge is 0.497 e. The van der Waals surface area contributed by atoms with Gasteiger partial charge in [0.05, 0.1) is 37.2 Å². The quantitative estimate of drug-likeness (QED) is 0.450. The maximum absolute atomic E-state index is 13.5. The smallest absolute Gasteiger partial charge is 0.331 e. The van der Waals surface area contributed by atoms with E-state index in [9.17, 15) is 9.59 Å². The third-order valence-electron chi connectivity index (χ3n) is 6.08. The second-order valence-electron chi connectivity index (χ2n) is 8.19. The van der Waals surface area contributed by atoms with Crippen LogP contribution in [0, 0.1) is 6.92 Å². The van der Waals surface area contributed by atoms with E-state index in [1.165, 1.54) is 4.57 Å². The molecule has 0 amide bonds. The van der Waals surface area contributed by atoms with Gasteiger partial charge in [-0.1, -0.05) is 12.1 Å². The second kappa shape index (κ2) is 8.71. The molecule has 0 unspecified atom stereocenters. The SMILES string of the molecule is COc1ccc(-c2nc(Cn3c(=O)n(C[C@@H]4CCCO4)c(=O)c4ccccc43)c(C)o2)cc1. The van der Waals surface area contributed by atoms with E-state index in [-0.39, 0.29) is 30.4 Å². The molecule has 0 aliphatic carbocycles. The minimum absolute atomic E-state index is 0.125. The van der Waals surface area contributed by atoms with Crippen LogP contribution in [0.4, 0.5) is 0 Å². The van der Waals surface area contributed by atoms with Crippen LogP contribution in [0.15, 0.2) is 62.5 Å². The van der Waals surface area contributed by atoms with Gasteiger partial charge in [-0.2, -0.15) is 0 Å². The molecular formula is C25H25N3O5. The summed E-state index contributed by atoms with van der Waals surface area (Å²) in [6, 6.07) is 14.6. The van der Waals surface area contributed by atoms with Crippen LogP contribution in [-0.2, 0) is 17.8 Å². The van der Waals surface area contributed by atoms with Crippen molar-refractivity contribution < 1.29 is 13.9 Å². The first kappa shape index (κ1) is 21.2. The van der Waals surface area contributed by atoms with Gasteiger partial charge < -0.3 is 13.9 Å². The molecule has 8 nitrogen and oxygen atoms in total. The molecule has 1 aliphatic heterocycles. The Balaban J connectivity index is 1.57. The van der Waals surface area contributed by atoms with Gasteiger partial charge in [-0.15, -0.1) is 0 Å². The van der Waals surface area contributed by atoms with E-state index < -0.39 is 0 Å². The highest BCUT2D eigenvalue weighted by molar-refractivity contribution is 5.77. The molecule has 5 rings (SSSR count). The van der Waals surface area contributed by atoms with Crippen molar-refractivity contribution in [3.63, 3.8) is 0 Å². The van der Waals surface area contributed by atoms with Gasteiger partial charge in [-0.05, 0) is 56.2 Å². The normalized spacial score (nSPS) is 15.9. The number of aryl methyl sites for hydroxylation is 1. The fourth-order valence-electron chi connectivity index (χ4n) is 4.26. The maximum Gasteiger partial charge on any atom is 0.331 e. The van der Waals surface area contributed by atoms with Crippen molar-refractivity contribution in [3.8, 4) is 17.2 Å². The highest BCUT2D eigenvalue weighted by Gasteiger charge is 2.21. The Labute approximate surface area is 190 Å². The van der Waals surface area contributed by atoms with Crippen LogP contribution in [0.25, 0.3) is 22.4 Å². The number of ether oxygens (including phenoxy) is 2. The molecule has 4 aromatic rings. The molecule has 3 heterocycles. The lowest BCUT2D eigenvalue weighted by Gasteiger charge is -2.16. The molecule has 33 heavy (non-hydrogen) atoms. The Bertz CT molecular complexity index is 1410. The molecule has 1 fully saturated rings. The van der Waals surface area contributed by atoms with Gasteiger partial charge in [0.15, 0.2) is 0 Å². The lowest BCUT2D eigenvalue weighted by molar-refractivity contribution is 0.0948. The number of oxazole rings is 1. The summed E-state index contributed by atoms with van der Waals surface area (Å²) in [6.07, 6.45) is 1.65. The number of aromatic nitrogens is 3. The zero-order chi connectivity index (χ0) is 22.9. The fourth-order valence-corrected chi connectivity index (χ4v) is 4.26. The number of fused-ring (bicyclic) bond motifs is 1. The van der Waals surface area contributed by atoms with Crippen LogP contribution in [0.5, 0.6) is 5.75 Å². The van der Waals surface area contributed by atoms with Crippen LogP contribution in [0.2, 0.25) is 0 Å². The molecule has 2 aromatic carbocycles. The first-order valence-electron chi connectivity index (χ1n) is 11.0. The molecule has 0 radical (unpaired) electrons.